The van der Waals surface area contributed by atoms with Gasteiger partial charge < -0.3 is 34.1 Å². The van der Waals surface area contributed by atoms with Gasteiger partial charge in [0.05, 0.1) is 30.8 Å². The smallest absolute Gasteiger partial charge is 0.308 e. The number of hydrogen-bond acceptors (Lipinski definition) is 9. The number of hydrogen-bond donors (Lipinski definition) is 2. The number of ketones is 1. The first-order valence-electron chi connectivity index (χ1n) is 15.2. The van der Waals surface area contributed by atoms with Gasteiger partial charge in [-0.2, -0.15) is 0 Å². The Kier molecular flexibility index (Phi) is 11.4. The van der Waals surface area contributed by atoms with Crippen LogP contribution in [0.5, 0.6) is 0 Å². The molecule has 0 aromatic rings. The van der Waals surface area contributed by atoms with Crippen molar-refractivity contribution in [3.8, 4) is 0 Å². The standard InChI is InChI=1S/C31H53NO8/c1-10-21-14-17(3)23(33)12-13-31(7)29(40-31)20(6)25(11-2)38-26(35)16-24(34)19(5)28(21)39-30-27(36)22(32(8)9)15-18(4)37-30/h12-13,17-22,24-25,27-30,34,36H,10-11,14-16H2,1-9H3/b13-12-. The van der Waals surface area contributed by atoms with Crippen LogP contribution in [0.25, 0.3) is 0 Å². The first kappa shape index (κ1) is 33.1. The lowest BCUT2D eigenvalue weighted by atomic mass is 9.79. The van der Waals surface area contributed by atoms with E-state index in [1.165, 1.54) is 0 Å². The Bertz CT molecular complexity index is 895. The van der Waals surface area contributed by atoms with Crippen LogP contribution in [0.2, 0.25) is 0 Å². The molecule has 9 nitrogen and oxygen atoms in total. The van der Waals surface area contributed by atoms with Gasteiger partial charge in [0.2, 0.25) is 0 Å². The lowest BCUT2D eigenvalue weighted by Gasteiger charge is -2.44. The summed E-state index contributed by atoms with van der Waals surface area (Å²) in [5, 5.41) is 22.4. The molecule has 0 aromatic heterocycles. The molecule has 9 heteroatoms. The molecule has 0 saturated carbocycles. The van der Waals surface area contributed by atoms with E-state index < -0.39 is 42.1 Å². The molecule has 2 saturated heterocycles. The number of allylic oxidation sites excluding steroid dienone is 1. The van der Waals surface area contributed by atoms with Crippen molar-refractivity contribution >= 4 is 11.8 Å². The molecule has 2 fully saturated rings. The highest BCUT2D eigenvalue weighted by Crippen LogP contribution is 2.45. The fourth-order valence-electron chi connectivity index (χ4n) is 6.54. The largest absolute Gasteiger partial charge is 0.462 e. The van der Waals surface area contributed by atoms with Gasteiger partial charge in [0, 0.05) is 23.8 Å². The minimum Gasteiger partial charge on any atom is -0.462 e. The zero-order valence-corrected chi connectivity index (χ0v) is 25.9. The Labute approximate surface area is 240 Å². The van der Waals surface area contributed by atoms with Crippen LogP contribution in [0.1, 0.15) is 80.6 Å². The van der Waals surface area contributed by atoms with Gasteiger partial charge in [-0.1, -0.05) is 41.0 Å². The lowest BCUT2D eigenvalue weighted by molar-refractivity contribution is -0.283. The number of ether oxygens (including phenoxy) is 4. The molecule has 3 aliphatic rings. The normalized spacial score (nSPS) is 46.5. The van der Waals surface area contributed by atoms with Crippen LogP contribution in [-0.2, 0) is 28.5 Å². The van der Waals surface area contributed by atoms with Crippen LogP contribution >= 0.6 is 0 Å². The number of esters is 1. The highest BCUT2D eigenvalue weighted by atomic mass is 16.7. The predicted molar refractivity (Wildman–Crippen MR) is 151 cm³/mol. The van der Waals surface area contributed by atoms with Crippen LogP contribution < -0.4 is 0 Å². The van der Waals surface area contributed by atoms with E-state index in [1.54, 1.807) is 6.08 Å². The van der Waals surface area contributed by atoms with Crippen LogP contribution in [0.4, 0.5) is 0 Å². The second-order valence-electron chi connectivity index (χ2n) is 12.9. The van der Waals surface area contributed by atoms with E-state index in [0.29, 0.717) is 25.7 Å². The van der Waals surface area contributed by atoms with E-state index in [4.69, 9.17) is 18.9 Å². The number of aliphatic hydroxyl groups is 2. The number of rotatable bonds is 5. The molecule has 0 radical (unpaired) electrons. The molecule has 230 valence electrons. The predicted octanol–water partition coefficient (Wildman–Crippen LogP) is 3.49. The van der Waals surface area contributed by atoms with Crippen LogP contribution in [0.15, 0.2) is 12.2 Å². The second-order valence-corrected chi connectivity index (χ2v) is 12.9. The fourth-order valence-corrected chi connectivity index (χ4v) is 6.54. The highest BCUT2D eigenvalue weighted by molar-refractivity contribution is 5.91. The van der Waals surface area contributed by atoms with E-state index in [9.17, 15) is 19.8 Å². The third-order valence-corrected chi connectivity index (χ3v) is 9.42. The van der Waals surface area contributed by atoms with Gasteiger partial charge in [-0.15, -0.1) is 0 Å². The molecule has 13 unspecified atom stereocenters. The van der Waals surface area contributed by atoms with Crippen molar-refractivity contribution in [2.24, 2.45) is 23.7 Å². The van der Waals surface area contributed by atoms with Gasteiger partial charge in [-0.3, -0.25) is 9.59 Å². The van der Waals surface area contributed by atoms with Gasteiger partial charge in [0.1, 0.15) is 17.8 Å². The third-order valence-electron chi connectivity index (χ3n) is 9.42. The fraction of sp³-hybridized carbons (Fsp3) is 0.871. The zero-order chi connectivity index (χ0) is 29.9. The number of carbonyl (C=O) groups is 2. The van der Waals surface area contributed by atoms with E-state index in [0.717, 1.165) is 0 Å². The van der Waals surface area contributed by atoms with Gasteiger partial charge in [0.25, 0.3) is 0 Å². The zero-order valence-electron chi connectivity index (χ0n) is 25.9. The minimum absolute atomic E-state index is 0.00865. The van der Waals surface area contributed by atoms with E-state index >= 15 is 0 Å². The summed E-state index contributed by atoms with van der Waals surface area (Å²) in [6.45, 7) is 13.6. The number of epoxide rings is 1. The first-order chi connectivity index (χ1) is 18.7. The van der Waals surface area contributed by atoms with E-state index in [-0.39, 0.29) is 54.3 Å². The van der Waals surface area contributed by atoms with Crippen molar-refractivity contribution in [1.82, 2.24) is 4.90 Å². The molecule has 40 heavy (non-hydrogen) atoms. The Morgan fingerprint density at radius 2 is 1.73 bits per heavy atom. The number of fused-ring (bicyclic) bond motifs is 1. The molecule has 0 bridgehead atoms. The summed E-state index contributed by atoms with van der Waals surface area (Å²) in [7, 11) is 3.84. The molecule has 0 aliphatic carbocycles. The van der Waals surface area contributed by atoms with E-state index in [2.05, 4.69) is 0 Å². The molecule has 3 rings (SSSR count). The van der Waals surface area contributed by atoms with Crippen LogP contribution in [0, 0.1) is 23.7 Å². The molecule has 2 N–H and O–H groups in total. The average Bonchev–Trinajstić information content (AvgIpc) is 3.58. The van der Waals surface area contributed by atoms with E-state index in [1.807, 2.05) is 73.5 Å². The lowest BCUT2D eigenvalue weighted by Crippen LogP contribution is -2.56. The Balaban J connectivity index is 1.92. The summed E-state index contributed by atoms with van der Waals surface area (Å²) in [6, 6.07) is -0.149. The maximum Gasteiger partial charge on any atom is 0.308 e. The maximum absolute atomic E-state index is 13.2. The number of nitrogens with zero attached hydrogens (tertiary/aromatic N) is 1. The SMILES string of the molecule is CCC1CC(C)C(=O)/C=C\C2(C)OC2C(C)C(CC)OC(=O)CC(O)C(C)C1OC1OC(C)CC(N(C)C)C1O. The quantitative estimate of drug-likeness (QED) is 0.380. The Morgan fingerprint density at radius 1 is 1.05 bits per heavy atom. The third kappa shape index (κ3) is 7.72. The van der Waals surface area contributed by atoms with Crippen molar-refractivity contribution in [2.45, 2.75) is 135 Å². The summed E-state index contributed by atoms with van der Waals surface area (Å²) < 4.78 is 24.4. The van der Waals surface area contributed by atoms with Crippen molar-refractivity contribution < 1.29 is 38.7 Å². The molecular weight excluding hydrogens is 514 g/mol. The molecule has 0 spiro atoms. The summed E-state index contributed by atoms with van der Waals surface area (Å²) in [4.78, 5) is 28.2. The van der Waals surface area contributed by atoms with Crippen molar-refractivity contribution in [3.63, 3.8) is 0 Å². The second kappa shape index (κ2) is 13.7. The molecular formula is C31H53NO8. The van der Waals surface area contributed by atoms with Gasteiger partial charge in [-0.25, -0.2) is 0 Å². The Hall–Kier alpha value is -1.36. The maximum atomic E-state index is 13.2. The van der Waals surface area contributed by atoms with Gasteiger partial charge >= 0.3 is 5.97 Å². The summed E-state index contributed by atoms with van der Waals surface area (Å²) in [5.41, 5.74) is -0.580. The van der Waals surface area contributed by atoms with Crippen LogP contribution in [0.3, 0.4) is 0 Å². The molecule has 0 amide bonds. The first-order valence-corrected chi connectivity index (χ1v) is 15.2. The van der Waals surface area contributed by atoms with Crippen molar-refractivity contribution in [2.75, 3.05) is 14.1 Å². The number of aliphatic hydroxyl groups excluding tert-OH is 2. The molecule has 3 aliphatic heterocycles. The summed E-state index contributed by atoms with van der Waals surface area (Å²) >= 11 is 0. The molecule has 13 atom stereocenters. The molecule has 0 aromatic carbocycles. The highest BCUT2D eigenvalue weighted by Gasteiger charge is 2.55. The number of likely N-dealkylation sites (N-methyl/N-ethyl adjacent to an activating group) is 1. The van der Waals surface area contributed by atoms with Crippen LogP contribution in [-0.4, -0.2) is 95.5 Å². The molecule has 3 heterocycles. The van der Waals surface area contributed by atoms with Crippen molar-refractivity contribution in [1.29, 1.82) is 0 Å². The number of cyclic esters (lactones) is 1. The number of carbonyl (C=O) groups excluding carboxylic acids is 2. The average molecular weight is 568 g/mol. The van der Waals surface area contributed by atoms with Crippen molar-refractivity contribution in [3.05, 3.63) is 12.2 Å². The summed E-state index contributed by atoms with van der Waals surface area (Å²) in [6.07, 6.45) is 1.71. The topological polar surface area (TPSA) is 118 Å². The Morgan fingerprint density at radius 3 is 2.33 bits per heavy atom. The van der Waals surface area contributed by atoms with Gasteiger partial charge in [-0.05, 0) is 65.3 Å². The minimum atomic E-state index is -1.04. The van der Waals surface area contributed by atoms with Gasteiger partial charge in [0.15, 0.2) is 12.1 Å². The summed E-state index contributed by atoms with van der Waals surface area (Å²) in [5.74, 6) is -1.43. The monoisotopic (exact) mass is 567 g/mol.